The lowest BCUT2D eigenvalue weighted by molar-refractivity contribution is -0.127. The highest BCUT2D eigenvalue weighted by atomic mass is 35.5. The highest BCUT2D eigenvalue weighted by Gasteiger charge is 2.50. The van der Waals surface area contributed by atoms with Crippen molar-refractivity contribution in [2.75, 3.05) is 18.0 Å². The first-order valence-corrected chi connectivity index (χ1v) is 9.76. The van der Waals surface area contributed by atoms with Gasteiger partial charge in [0.05, 0.1) is 6.10 Å². The van der Waals surface area contributed by atoms with Gasteiger partial charge in [-0.1, -0.05) is 23.7 Å². The summed E-state index contributed by atoms with van der Waals surface area (Å²) in [7, 11) is 0. The number of aryl methyl sites for hydroxylation is 1. The van der Waals surface area contributed by atoms with Gasteiger partial charge in [-0.3, -0.25) is 4.79 Å². The van der Waals surface area contributed by atoms with Gasteiger partial charge in [0.1, 0.15) is 5.82 Å². The van der Waals surface area contributed by atoms with Crippen molar-refractivity contribution in [1.82, 2.24) is 15.3 Å². The number of aromatic nitrogens is 2. The summed E-state index contributed by atoms with van der Waals surface area (Å²) >= 11 is 6.23. The normalized spacial score (nSPS) is 20.3. The number of alkyl halides is 1. The van der Waals surface area contributed by atoms with Gasteiger partial charge in [-0.05, 0) is 37.8 Å². The molecular formula is C20H22ClFN4O2. The number of aliphatic hydroxyl groups excluding tert-OH is 1. The molecule has 8 heteroatoms. The van der Waals surface area contributed by atoms with Gasteiger partial charge in [-0.2, -0.15) is 0 Å². The number of hydrogen-bond donors (Lipinski definition) is 2. The zero-order valence-electron chi connectivity index (χ0n) is 15.6. The quantitative estimate of drug-likeness (QED) is 0.801. The lowest BCUT2D eigenvalue weighted by Crippen LogP contribution is -2.34. The number of nitrogens with zero attached hydrogens (tertiary/aromatic N) is 3. The van der Waals surface area contributed by atoms with E-state index in [1.807, 2.05) is 30.0 Å². The lowest BCUT2D eigenvalue weighted by atomic mass is 10.1. The molecule has 1 aliphatic carbocycles. The maximum atomic E-state index is 13.9. The highest BCUT2D eigenvalue weighted by molar-refractivity contribution is 6.31. The average molecular weight is 405 g/mol. The second-order valence-electron chi connectivity index (χ2n) is 7.54. The summed E-state index contributed by atoms with van der Waals surface area (Å²) in [6.07, 6.45) is 2.42. The van der Waals surface area contributed by atoms with Crippen LogP contribution < -0.4 is 10.2 Å². The van der Waals surface area contributed by atoms with E-state index in [1.54, 1.807) is 6.20 Å². The number of benzene rings is 1. The van der Waals surface area contributed by atoms with Crippen molar-refractivity contribution in [3.8, 4) is 11.4 Å². The van der Waals surface area contributed by atoms with Gasteiger partial charge >= 0.3 is 0 Å². The zero-order valence-corrected chi connectivity index (χ0v) is 16.3. The van der Waals surface area contributed by atoms with Crippen LogP contribution in [0.2, 0.25) is 5.02 Å². The van der Waals surface area contributed by atoms with Gasteiger partial charge in [-0.15, -0.1) is 0 Å². The summed E-state index contributed by atoms with van der Waals surface area (Å²) in [5.41, 5.74) is 0.720. The van der Waals surface area contributed by atoms with E-state index in [0.717, 1.165) is 11.1 Å². The monoisotopic (exact) mass is 404 g/mol. The van der Waals surface area contributed by atoms with Crippen LogP contribution in [0.25, 0.3) is 11.4 Å². The molecule has 1 saturated carbocycles. The Bertz CT molecular complexity index is 919. The van der Waals surface area contributed by atoms with E-state index >= 15 is 0 Å². The van der Waals surface area contributed by atoms with Crippen molar-refractivity contribution in [3.63, 3.8) is 0 Å². The van der Waals surface area contributed by atoms with Crippen LogP contribution in [0.1, 0.15) is 30.4 Å². The van der Waals surface area contributed by atoms with E-state index in [0.29, 0.717) is 41.7 Å². The van der Waals surface area contributed by atoms with Crippen molar-refractivity contribution in [2.45, 2.75) is 44.5 Å². The number of aliphatic hydroxyl groups is 1. The van der Waals surface area contributed by atoms with Crippen LogP contribution in [0.4, 0.5) is 10.2 Å². The fourth-order valence-corrected chi connectivity index (χ4v) is 3.45. The van der Waals surface area contributed by atoms with Crippen LogP contribution in [0.3, 0.4) is 0 Å². The summed E-state index contributed by atoms with van der Waals surface area (Å²) in [6, 6.07) is 5.63. The Balaban J connectivity index is 1.63. The van der Waals surface area contributed by atoms with Crippen molar-refractivity contribution in [3.05, 3.63) is 40.5 Å². The van der Waals surface area contributed by atoms with Crippen LogP contribution in [0.5, 0.6) is 0 Å². The molecule has 1 aromatic carbocycles. The first kappa shape index (κ1) is 19.1. The molecule has 1 unspecified atom stereocenters. The number of anilines is 1. The fourth-order valence-electron chi connectivity index (χ4n) is 3.27. The molecule has 0 radical (unpaired) electrons. The predicted octanol–water partition coefficient (Wildman–Crippen LogP) is 2.79. The number of carbonyl (C=O) groups is 1. The first-order valence-electron chi connectivity index (χ1n) is 9.38. The number of rotatable bonds is 5. The van der Waals surface area contributed by atoms with Crippen molar-refractivity contribution in [1.29, 1.82) is 0 Å². The maximum Gasteiger partial charge on any atom is 0.257 e. The maximum absolute atomic E-state index is 13.9. The van der Waals surface area contributed by atoms with Crippen LogP contribution in [0, 0.1) is 6.92 Å². The highest BCUT2D eigenvalue weighted by Crippen LogP contribution is 2.40. The average Bonchev–Trinajstić information content (AvgIpc) is 3.29. The van der Waals surface area contributed by atoms with Crippen LogP contribution in [-0.2, 0) is 11.3 Å². The van der Waals surface area contributed by atoms with E-state index in [1.165, 1.54) is 0 Å². The largest absolute Gasteiger partial charge is 0.391 e. The lowest BCUT2D eigenvalue weighted by Gasteiger charge is -2.21. The third-order valence-corrected chi connectivity index (χ3v) is 5.68. The van der Waals surface area contributed by atoms with Gasteiger partial charge < -0.3 is 15.3 Å². The number of carbonyl (C=O) groups excluding carboxylic acids is 1. The van der Waals surface area contributed by atoms with Crippen LogP contribution >= 0.6 is 11.6 Å². The molecule has 2 heterocycles. The molecule has 2 N–H and O–H groups in total. The Hall–Kier alpha value is -2.25. The molecule has 28 heavy (non-hydrogen) atoms. The Morgan fingerprint density at radius 1 is 1.46 bits per heavy atom. The van der Waals surface area contributed by atoms with Crippen LogP contribution in [-0.4, -0.2) is 45.8 Å². The van der Waals surface area contributed by atoms with E-state index in [2.05, 4.69) is 15.3 Å². The molecule has 1 atom stereocenters. The van der Waals surface area contributed by atoms with E-state index in [4.69, 9.17) is 11.6 Å². The van der Waals surface area contributed by atoms with E-state index in [9.17, 15) is 14.3 Å². The molecular weight excluding hydrogens is 383 g/mol. The molecule has 0 bridgehead atoms. The molecule has 2 aromatic rings. The number of nitrogens with one attached hydrogen (secondary N) is 1. The fraction of sp³-hybridized carbons (Fsp3) is 0.450. The molecule has 1 amide bonds. The van der Waals surface area contributed by atoms with Gasteiger partial charge in [0, 0.05) is 42.0 Å². The third-order valence-electron chi connectivity index (χ3n) is 5.27. The zero-order chi connectivity index (χ0) is 19.9. The van der Waals surface area contributed by atoms with Crippen molar-refractivity contribution in [2.24, 2.45) is 0 Å². The summed E-state index contributed by atoms with van der Waals surface area (Å²) < 4.78 is 13.9. The molecule has 2 fully saturated rings. The molecule has 6 nitrogen and oxygen atoms in total. The Morgan fingerprint density at radius 3 is 2.89 bits per heavy atom. The van der Waals surface area contributed by atoms with E-state index < -0.39 is 17.7 Å². The number of β-amino-alcohol motifs (C(OH)–C–C–N with tert-alkyl or cyclic N) is 1. The minimum atomic E-state index is -1.72. The predicted molar refractivity (Wildman–Crippen MR) is 105 cm³/mol. The standard InChI is InChI=1S/C20H22ClFN4O2/c1-12-2-3-13(8-16(12)21)17-23-9-14(10-24-19(28)20(22)5-6-20)18(25-17)26-7-4-15(27)11-26/h2-3,8-9,15,27H,4-7,10-11H2,1H3,(H,24,28). The number of hydrogen-bond acceptors (Lipinski definition) is 5. The number of amides is 1. The molecule has 148 valence electrons. The Kier molecular flexibility index (Phi) is 4.97. The summed E-state index contributed by atoms with van der Waals surface area (Å²) in [6.45, 7) is 3.17. The molecule has 1 aromatic heterocycles. The minimum Gasteiger partial charge on any atom is -0.391 e. The summed E-state index contributed by atoms with van der Waals surface area (Å²) in [5, 5.41) is 13.2. The Morgan fingerprint density at radius 2 is 2.25 bits per heavy atom. The van der Waals surface area contributed by atoms with Gasteiger partial charge in [-0.25, -0.2) is 14.4 Å². The van der Waals surface area contributed by atoms with Gasteiger partial charge in [0.15, 0.2) is 11.5 Å². The second-order valence-corrected chi connectivity index (χ2v) is 7.95. The smallest absolute Gasteiger partial charge is 0.257 e. The second kappa shape index (κ2) is 7.29. The first-order chi connectivity index (χ1) is 13.4. The molecule has 4 rings (SSSR count). The SMILES string of the molecule is Cc1ccc(-c2ncc(CNC(=O)C3(F)CC3)c(N3CCC(O)C3)n2)cc1Cl. The molecule has 2 aliphatic rings. The van der Waals surface area contributed by atoms with Gasteiger partial charge in [0.25, 0.3) is 5.91 Å². The Labute approximate surface area is 167 Å². The summed E-state index contributed by atoms with van der Waals surface area (Å²) in [5.74, 6) is 0.564. The van der Waals surface area contributed by atoms with Crippen molar-refractivity contribution >= 4 is 23.3 Å². The van der Waals surface area contributed by atoms with Crippen molar-refractivity contribution < 1.29 is 14.3 Å². The third kappa shape index (κ3) is 3.82. The summed E-state index contributed by atoms with van der Waals surface area (Å²) in [4.78, 5) is 23.0. The number of halogens is 2. The molecule has 1 saturated heterocycles. The molecule has 1 aliphatic heterocycles. The minimum absolute atomic E-state index is 0.140. The van der Waals surface area contributed by atoms with Crippen LogP contribution in [0.15, 0.2) is 24.4 Å². The van der Waals surface area contributed by atoms with E-state index in [-0.39, 0.29) is 19.4 Å². The van der Waals surface area contributed by atoms with Gasteiger partial charge in [0.2, 0.25) is 0 Å². The molecule has 0 spiro atoms. The topological polar surface area (TPSA) is 78.4 Å².